The van der Waals surface area contributed by atoms with Gasteiger partial charge in [-0.05, 0) is 161 Å². The Bertz CT molecular complexity index is 3130. The number of hydrogen-bond donors (Lipinski definition) is 0. The normalized spacial score (nSPS) is 13.4. The predicted octanol–water partition coefficient (Wildman–Crippen LogP) is 17.4. The number of halogens is 2. The summed E-state index contributed by atoms with van der Waals surface area (Å²) >= 11 is 15.2. The molecule has 0 aromatic heterocycles. The van der Waals surface area contributed by atoms with Crippen molar-refractivity contribution in [1.82, 2.24) is 0 Å². The Kier molecular flexibility index (Phi) is 19.8. The van der Waals surface area contributed by atoms with E-state index in [4.69, 9.17) is 42.1 Å². The molecule has 0 heterocycles. The molecule has 0 bridgehead atoms. The summed E-state index contributed by atoms with van der Waals surface area (Å²) in [5.41, 5.74) is 4.45. The van der Waals surface area contributed by atoms with E-state index in [1.165, 1.54) is 14.2 Å². The van der Waals surface area contributed by atoms with Crippen LogP contribution in [0, 0.1) is 0 Å². The smallest absolute Gasteiger partial charge is 0.343 e. The first-order valence-electron chi connectivity index (χ1n) is 29.9. The van der Waals surface area contributed by atoms with Crippen LogP contribution in [0.4, 0.5) is 0 Å². The summed E-state index contributed by atoms with van der Waals surface area (Å²) in [5, 5.41) is 2.61. The van der Waals surface area contributed by atoms with Crippen LogP contribution in [0.2, 0.25) is 10.0 Å². The molecular weight excluding hydrogens is 1150 g/mol. The van der Waals surface area contributed by atoms with Gasteiger partial charge in [0.25, 0.3) is 0 Å². The third-order valence-electron chi connectivity index (χ3n) is 16.3. The molecule has 466 valence electrons. The van der Waals surface area contributed by atoms with Gasteiger partial charge in [-0.15, -0.1) is 0 Å². The monoisotopic (exact) mass is 1250 g/mol. The molecule has 12 heteroatoms. The highest BCUT2D eigenvalue weighted by Gasteiger charge is 2.44. The maximum Gasteiger partial charge on any atom is 0.343 e. The van der Waals surface area contributed by atoms with Crippen LogP contribution in [0.15, 0.2) is 97.1 Å². The zero-order chi connectivity index (χ0) is 65.3. The molecule has 0 saturated carbocycles. The van der Waals surface area contributed by atoms with Crippen molar-refractivity contribution in [1.29, 1.82) is 0 Å². The average molecular weight is 1250 g/mol. The number of methoxy groups -OCH3 is 2. The molecule has 0 radical (unpaired) electrons. The lowest BCUT2D eigenvalue weighted by Crippen LogP contribution is -2.34. The molecule has 86 heavy (non-hydrogen) atoms. The molecule has 6 aromatic carbocycles. The molecule has 6 aromatic rings. The number of carbonyl (C=O) groups is 2. The molecule has 0 N–H and O–H groups in total. The lowest BCUT2D eigenvalue weighted by Gasteiger charge is -2.34. The maximum absolute atomic E-state index is 18.8. The van der Waals surface area contributed by atoms with Crippen molar-refractivity contribution in [3.8, 4) is 22.6 Å². The number of rotatable bonds is 13. The number of esters is 2. The van der Waals surface area contributed by atoms with Crippen molar-refractivity contribution in [3.05, 3.63) is 152 Å². The van der Waals surface area contributed by atoms with E-state index in [2.05, 4.69) is 239 Å². The second kappa shape index (κ2) is 24.4. The topological polar surface area (TPSA) is 105 Å². The third-order valence-corrected chi connectivity index (χ3v) is 22.9. The van der Waals surface area contributed by atoms with Gasteiger partial charge in [0, 0.05) is 43.0 Å². The highest BCUT2D eigenvalue weighted by atomic mass is 35.5. The van der Waals surface area contributed by atoms with Gasteiger partial charge in [-0.2, -0.15) is 0 Å². The Morgan fingerprint density at radius 3 is 0.686 bits per heavy atom. The van der Waals surface area contributed by atoms with Crippen molar-refractivity contribution in [2.45, 2.75) is 209 Å². The minimum absolute atomic E-state index is 0.0334. The first-order valence-corrected chi connectivity index (χ1v) is 34.1. The van der Waals surface area contributed by atoms with Crippen LogP contribution in [-0.4, -0.2) is 39.4 Å². The van der Waals surface area contributed by atoms with Gasteiger partial charge in [0.05, 0.1) is 24.3 Å². The molecule has 0 spiro atoms. The van der Waals surface area contributed by atoms with Gasteiger partial charge in [-0.1, -0.05) is 214 Å². The van der Waals surface area contributed by atoms with E-state index in [0.717, 1.165) is 44.5 Å². The van der Waals surface area contributed by atoms with Gasteiger partial charge in [-0.25, -0.2) is 9.59 Å². The zero-order valence-corrected chi connectivity index (χ0v) is 59.9. The molecule has 0 unspecified atom stereocenters. The molecule has 0 saturated heterocycles. The first-order chi connectivity index (χ1) is 39.0. The first kappa shape index (κ1) is 70.0. The number of ether oxygens (including phenoxy) is 4. The fourth-order valence-electron chi connectivity index (χ4n) is 10.3. The summed E-state index contributed by atoms with van der Waals surface area (Å²) in [6.07, 6.45) is 0. The van der Waals surface area contributed by atoms with Gasteiger partial charge < -0.3 is 28.1 Å². The molecule has 0 aliphatic rings. The molecule has 0 amide bonds. The SMILES string of the molecule is COC(=O)COc1c(Cl)ccc(P(=O)(c2cc(C(C)(C)C)cc(C(C)(C)C)c2)c2cc(C(C)(C)C)cc(C(C)(C)C)c2)c1-c1c(P(=O)(c2cc(C(C)(C)C)cc(C(C)(C)C)c2)c2cc(C(C)(C)C)cc(C(C)(C)C)c2)ccc(Cl)c1OCC(=O)OC. The third kappa shape index (κ3) is 15.0. The van der Waals surface area contributed by atoms with Crippen LogP contribution in [0.3, 0.4) is 0 Å². The van der Waals surface area contributed by atoms with Crippen LogP contribution in [0.1, 0.15) is 211 Å². The lowest BCUT2D eigenvalue weighted by molar-refractivity contribution is -0.143. The standard InChI is InChI=1S/C74H98Cl2O8P2/c1-67(2,3)45-31-46(68(4,5)6)36-53(35-45)85(79,54-37-47(69(7,8)9)32-48(38-54)70(10,11)12)59-29-27-57(75)65(83-43-61(77)81-25)63(59)64-60(30-28-58(76)66(64)84-44-62(78)82-26)86(80,55-39-49(71(13,14)15)33-50(40-55)72(16,17)18)56-41-51(73(19,20)21)34-52(42-56)74(22,23)24/h27-42H,43-44H2,1-26H3. The number of hydrogen-bond acceptors (Lipinski definition) is 8. The van der Waals surface area contributed by atoms with Crippen LogP contribution in [0.25, 0.3) is 11.1 Å². The van der Waals surface area contributed by atoms with Crippen molar-refractivity contribution in [3.63, 3.8) is 0 Å². The minimum Gasteiger partial charge on any atom is -0.480 e. The van der Waals surface area contributed by atoms with Gasteiger partial charge in [0.1, 0.15) is 11.5 Å². The Balaban J connectivity index is 2.13. The van der Waals surface area contributed by atoms with E-state index in [1.807, 2.05) is 0 Å². The van der Waals surface area contributed by atoms with E-state index in [1.54, 1.807) is 24.3 Å². The van der Waals surface area contributed by atoms with Gasteiger partial charge in [-0.3, -0.25) is 0 Å². The fraction of sp³-hybridized carbons (Fsp3) is 0.486. The Hall–Kier alpha value is -5.10. The van der Waals surface area contributed by atoms with E-state index >= 15 is 9.13 Å². The van der Waals surface area contributed by atoms with Crippen LogP contribution in [0.5, 0.6) is 11.5 Å². The van der Waals surface area contributed by atoms with E-state index in [-0.39, 0.29) is 43.3 Å². The molecular formula is C74H98Cl2O8P2. The van der Waals surface area contributed by atoms with E-state index < -0.39 is 82.8 Å². The highest BCUT2D eigenvalue weighted by Crippen LogP contribution is 2.57. The zero-order valence-electron chi connectivity index (χ0n) is 56.6. The molecule has 0 fully saturated rings. The molecule has 8 nitrogen and oxygen atoms in total. The Morgan fingerprint density at radius 1 is 0.337 bits per heavy atom. The lowest BCUT2D eigenvalue weighted by atomic mass is 9.81. The summed E-state index contributed by atoms with van der Waals surface area (Å²) in [6.45, 7) is 50.3. The summed E-state index contributed by atoms with van der Waals surface area (Å²) in [4.78, 5) is 27.2. The Morgan fingerprint density at radius 2 is 0.523 bits per heavy atom. The van der Waals surface area contributed by atoms with Gasteiger partial charge in [0.15, 0.2) is 27.5 Å². The molecule has 0 aliphatic heterocycles. The van der Waals surface area contributed by atoms with E-state index in [0.29, 0.717) is 21.2 Å². The van der Waals surface area contributed by atoms with Crippen LogP contribution >= 0.6 is 37.5 Å². The second-order valence-electron chi connectivity index (χ2n) is 31.6. The molecule has 6 rings (SSSR count). The van der Waals surface area contributed by atoms with Gasteiger partial charge >= 0.3 is 11.9 Å². The van der Waals surface area contributed by atoms with Crippen molar-refractivity contribution in [2.24, 2.45) is 0 Å². The average Bonchev–Trinajstić information content (AvgIpc) is 0.724. The van der Waals surface area contributed by atoms with Crippen LogP contribution < -0.4 is 41.3 Å². The van der Waals surface area contributed by atoms with Crippen LogP contribution in [-0.2, 0) is 71.5 Å². The largest absolute Gasteiger partial charge is 0.480 e. The predicted molar refractivity (Wildman–Crippen MR) is 365 cm³/mol. The summed E-state index contributed by atoms with van der Waals surface area (Å²) in [5.74, 6) is -1.59. The van der Waals surface area contributed by atoms with Crippen molar-refractivity contribution >= 4 is 81.3 Å². The number of benzene rings is 6. The molecule has 0 aliphatic carbocycles. The summed E-state index contributed by atoms with van der Waals surface area (Å²) < 4.78 is 61.6. The maximum atomic E-state index is 18.8. The molecule has 0 atom stereocenters. The summed E-state index contributed by atoms with van der Waals surface area (Å²) in [6, 6.07) is 32.1. The van der Waals surface area contributed by atoms with Gasteiger partial charge in [0.2, 0.25) is 0 Å². The van der Waals surface area contributed by atoms with Crippen molar-refractivity contribution < 1.29 is 37.7 Å². The second-order valence-corrected chi connectivity index (χ2v) is 37.8. The minimum atomic E-state index is -4.42. The van der Waals surface area contributed by atoms with Crippen molar-refractivity contribution in [2.75, 3.05) is 27.4 Å². The summed E-state index contributed by atoms with van der Waals surface area (Å²) in [7, 11) is -6.30. The number of carbonyl (C=O) groups excluding carboxylic acids is 2. The highest BCUT2D eigenvalue weighted by molar-refractivity contribution is 7.86. The quantitative estimate of drug-likeness (QED) is 0.0832. The Labute approximate surface area is 527 Å². The fourth-order valence-corrected chi connectivity index (χ4v) is 16.6. The van der Waals surface area contributed by atoms with E-state index in [9.17, 15) is 9.59 Å².